The molecule has 0 fully saturated rings. The molecule has 1 N–H and O–H groups in total. The lowest BCUT2D eigenvalue weighted by molar-refractivity contribution is -0.161. The van der Waals surface area contributed by atoms with Crippen molar-refractivity contribution < 1.29 is 28.9 Å². The first-order chi connectivity index (χ1) is 12.0. The second-order valence-electron chi connectivity index (χ2n) is 5.72. The number of ether oxygens (including phenoxy) is 3. The Hall–Kier alpha value is -1.96. The predicted octanol–water partition coefficient (Wildman–Crippen LogP) is 1.76. The average Bonchev–Trinajstić information content (AvgIpc) is 2.60. The summed E-state index contributed by atoms with van der Waals surface area (Å²) < 4.78 is 15.5. The fourth-order valence-corrected chi connectivity index (χ4v) is 2.16. The minimum Gasteiger partial charge on any atom is -0.481 e. The molecule has 0 heterocycles. The third kappa shape index (κ3) is 8.11. The number of methoxy groups -OCH3 is 1. The van der Waals surface area contributed by atoms with Gasteiger partial charge in [0, 0.05) is 20.6 Å². The number of carbonyl (C=O) groups is 2. The molecule has 0 aliphatic rings. The minimum atomic E-state index is -0.984. The Labute approximate surface area is 148 Å². The van der Waals surface area contributed by atoms with Gasteiger partial charge in [-0.05, 0) is 18.9 Å². The summed E-state index contributed by atoms with van der Waals surface area (Å²) in [4.78, 5) is 25.2. The zero-order chi connectivity index (χ0) is 18.7. The highest BCUT2D eigenvalue weighted by molar-refractivity contribution is 5.82. The van der Waals surface area contributed by atoms with E-state index in [-0.39, 0.29) is 19.1 Å². The molecule has 7 nitrogen and oxygen atoms in total. The molecule has 0 radical (unpaired) electrons. The number of hydrogen-bond acceptors (Lipinski definition) is 5. The topological polar surface area (TPSA) is 85.3 Å². The lowest BCUT2D eigenvalue weighted by Gasteiger charge is -2.26. The van der Waals surface area contributed by atoms with Crippen molar-refractivity contribution in [1.29, 1.82) is 0 Å². The Morgan fingerprint density at radius 2 is 1.88 bits per heavy atom. The Bertz CT molecular complexity index is 522. The Morgan fingerprint density at radius 1 is 1.20 bits per heavy atom. The van der Waals surface area contributed by atoms with Crippen molar-refractivity contribution in [3.8, 4) is 0 Å². The van der Waals surface area contributed by atoms with Crippen LogP contribution in [0, 0.1) is 5.92 Å². The molecule has 0 saturated carbocycles. The van der Waals surface area contributed by atoms with Gasteiger partial charge in [0.2, 0.25) is 5.91 Å². The molecule has 140 valence electrons. The van der Waals surface area contributed by atoms with Gasteiger partial charge in [0.05, 0.1) is 19.1 Å². The molecule has 0 aliphatic carbocycles. The molecule has 0 bridgehead atoms. The van der Waals surface area contributed by atoms with Crippen LogP contribution < -0.4 is 0 Å². The highest BCUT2D eigenvalue weighted by atomic mass is 16.7. The van der Waals surface area contributed by atoms with E-state index in [1.165, 1.54) is 4.90 Å². The zero-order valence-electron chi connectivity index (χ0n) is 15.0. The molecule has 1 aromatic carbocycles. The second kappa shape index (κ2) is 11.6. The molecule has 1 unspecified atom stereocenters. The molecule has 0 saturated heterocycles. The lowest BCUT2D eigenvalue weighted by atomic mass is 9.96. The van der Waals surface area contributed by atoms with Crippen molar-refractivity contribution in [3.05, 3.63) is 35.9 Å². The molecule has 25 heavy (non-hydrogen) atoms. The fourth-order valence-electron chi connectivity index (χ4n) is 2.16. The zero-order valence-corrected chi connectivity index (χ0v) is 15.0. The quantitative estimate of drug-likeness (QED) is 0.455. The van der Waals surface area contributed by atoms with Gasteiger partial charge in [-0.15, -0.1) is 0 Å². The van der Waals surface area contributed by atoms with E-state index in [1.54, 1.807) is 21.1 Å². The van der Waals surface area contributed by atoms with Crippen LogP contribution in [0.5, 0.6) is 0 Å². The van der Waals surface area contributed by atoms with Crippen LogP contribution >= 0.6 is 0 Å². The van der Waals surface area contributed by atoms with Crippen LogP contribution in [0.15, 0.2) is 30.3 Å². The third-order valence-electron chi connectivity index (χ3n) is 3.86. The van der Waals surface area contributed by atoms with E-state index in [9.17, 15) is 14.7 Å². The van der Waals surface area contributed by atoms with Gasteiger partial charge in [-0.2, -0.15) is 0 Å². The first kappa shape index (κ1) is 21.1. The smallest absolute Gasteiger partial charge is 0.307 e. The van der Waals surface area contributed by atoms with Gasteiger partial charge in [-0.1, -0.05) is 30.3 Å². The van der Waals surface area contributed by atoms with Crippen molar-refractivity contribution in [2.45, 2.75) is 26.0 Å². The molecular weight excluding hydrogens is 326 g/mol. The molecule has 7 heteroatoms. The summed E-state index contributed by atoms with van der Waals surface area (Å²) in [5.74, 6) is -2.04. The summed E-state index contributed by atoms with van der Waals surface area (Å²) in [5, 5.41) is 9.39. The Morgan fingerprint density at radius 3 is 2.48 bits per heavy atom. The van der Waals surface area contributed by atoms with E-state index >= 15 is 0 Å². The van der Waals surface area contributed by atoms with E-state index in [1.807, 2.05) is 30.3 Å². The van der Waals surface area contributed by atoms with Crippen LogP contribution in [0.1, 0.15) is 18.9 Å². The normalized spacial score (nSPS) is 13.2. The average molecular weight is 353 g/mol. The van der Waals surface area contributed by atoms with E-state index in [0.29, 0.717) is 19.6 Å². The molecular formula is C18H27NO6. The first-order valence-electron chi connectivity index (χ1n) is 8.16. The van der Waals surface area contributed by atoms with Gasteiger partial charge >= 0.3 is 5.97 Å². The highest BCUT2D eigenvalue weighted by Crippen LogP contribution is 2.15. The molecule has 1 amide bonds. The van der Waals surface area contributed by atoms with Crippen LogP contribution in [-0.2, 0) is 30.2 Å². The number of nitrogens with zero attached hydrogens (tertiary/aromatic N) is 1. The fraction of sp³-hybridized carbons (Fsp3) is 0.556. The molecule has 1 aromatic rings. The van der Waals surface area contributed by atoms with Crippen molar-refractivity contribution in [2.75, 3.05) is 34.2 Å². The van der Waals surface area contributed by atoms with E-state index in [2.05, 4.69) is 0 Å². The SMILES string of the molecule is COCCOCOC(C)N(C)C(=O)C[C@@H](Cc1ccccc1)C(=O)O. The molecule has 0 aromatic heterocycles. The van der Waals surface area contributed by atoms with Crippen LogP contribution in [0.2, 0.25) is 0 Å². The number of aliphatic carboxylic acids is 1. The van der Waals surface area contributed by atoms with Gasteiger partial charge in [0.25, 0.3) is 0 Å². The van der Waals surface area contributed by atoms with Crippen molar-refractivity contribution in [1.82, 2.24) is 4.90 Å². The maximum Gasteiger partial charge on any atom is 0.307 e. The van der Waals surface area contributed by atoms with E-state index in [0.717, 1.165) is 5.56 Å². The number of carboxylic acid groups (broad SMARTS) is 1. The number of amides is 1. The summed E-state index contributed by atoms with van der Waals surface area (Å²) in [6.07, 6.45) is -0.286. The lowest BCUT2D eigenvalue weighted by Crippen LogP contribution is -2.39. The maximum atomic E-state index is 12.3. The standard InChI is InChI=1S/C18H27NO6/c1-14(25-13-24-10-9-23-3)19(2)17(20)12-16(18(21)22)11-15-7-5-4-6-8-15/h4-8,14,16H,9-13H2,1-3H3,(H,21,22)/t14?,16-/m1/s1. The number of hydrogen-bond donors (Lipinski definition) is 1. The van der Waals surface area contributed by atoms with Gasteiger partial charge in [0.15, 0.2) is 0 Å². The van der Waals surface area contributed by atoms with Crippen molar-refractivity contribution in [3.63, 3.8) is 0 Å². The largest absolute Gasteiger partial charge is 0.481 e. The monoisotopic (exact) mass is 353 g/mol. The molecule has 0 aliphatic heterocycles. The summed E-state index contributed by atoms with van der Waals surface area (Å²) in [6, 6.07) is 9.27. The second-order valence-corrected chi connectivity index (χ2v) is 5.72. The molecule has 1 rings (SSSR count). The third-order valence-corrected chi connectivity index (χ3v) is 3.86. The summed E-state index contributed by atoms with van der Waals surface area (Å²) in [7, 11) is 3.16. The Balaban J connectivity index is 2.48. The van der Waals surface area contributed by atoms with Crippen molar-refractivity contribution in [2.24, 2.45) is 5.92 Å². The van der Waals surface area contributed by atoms with Crippen molar-refractivity contribution >= 4 is 11.9 Å². The number of carbonyl (C=O) groups excluding carboxylic acids is 1. The number of carboxylic acids is 1. The van der Waals surface area contributed by atoms with Crippen LogP contribution in [0.25, 0.3) is 0 Å². The summed E-state index contributed by atoms with van der Waals surface area (Å²) in [5.41, 5.74) is 0.890. The molecule has 0 spiro atoms. The van der Waals surface area contributed by atoms with E-state index < -0.39 is 18.1 Å². The van der Waals surface area contributed by atoms with Gasteiger partial charge in [-0.3, -0.25) is 9.59 Å². The number of rotatable bonds is 12. The summed E-state index contributed by atoms with van der Waals surface area (Å²) >= 11 is 0. The van der Waals surface area contributed by atoms with Crippen LogP contribution in [0.3, 0.4) is 0 Å². The van der Waals surface area contributed by atoms with Crippen LogP contribution in [-0.4, -0.2) is 62.3 Å². The molecule has 2 atom stereocenters. The minimum absolute atomic E-state index is 0.0362. The predicted molar refractivity (Wildman–Crippen MR) is 91.9 cm³/mol. The van der Waals surface area contributed by atoms with Gasteiger partial charge < -0.3 is 24.2 Å². The highest BCUT2D eigenvalue weighted by Gasteiger charge is 2.25. The Kier molecular flexibility index (Phi) is 9.76. The number of benzene rings is 1. The summed E-state index contributed by atoms with van der Waals surface area (Å²) in [6.45, 7) is 2.62. The van der Waals surface area contributed by atoms with Gasteiger partial charge in [-0.25, -0.2) is 0 Å². The van der Waals surface area contributed by atoms with E-state index in [4.69, 9.17) is 14.2 Å². The maximum absolute atomic E-state index is 12.3. The van der Waals surface area contributed by atoms with Gasteiger partial charge in [0.1, 0.15) is 13.0 Å². The van der Waals surface area contributed by atoms with Crippen LogP contribution in [0.4, 0.5) is 0 Å². The first-order valence-corrected chi connectivity index (χ1v) is 8.16.